The summed E-state index contributed by atoms with van der Waals surface area (Å²) in [4.78, 5) is 0. The second-order valence-electron chi connectivity index (χ2n) is 18.0. The van der Waals surface area contributed by atoms with Crippen molar-refractivity contribution in [3.05, 3.63) is 230 Å². The van der Waals surface area contributed by atoms with Crippen LogP contribution < -0.4 is 0 Å². The second kappa shape index (κ2) is 13.6. The number of hydrogen-bond acceptors (Lipinski definition) is 0. The summed E-state index contributed by atoms with van der Waals surface area (Å²) >= 11 is 0. The van der Waals surface area contributed by atoms with Crippen LogP contribution in [0, 0.1) is 0 Å². The molecule has 12 aromatic carbocycles. The minimum absolute atomic E-state index is 0.196. The molecule has 0 amide bonds. The Kier molecular flexibility index (Phi) is 7.75. The minimum atomic E-state index is -0.196. The zero-order chi connectivity index (χ0) is 41.8. The van der Waals surface area contributed by atoms with Crippen molar-refractivity contribution in [3.63, 3.8) is 0 Å². The molecule has 1 aliphatic rings. The maximum atomic E-state index is 2.53. The summed E-state index contributed by atoms with van der Waals surface area (Å²) in [6.45, 7) is 4.86. The zero-order valence-corrected chi connectivity index (χ0v) is 35.3. The van der Waals surface area contributed by atoms with E-state index in [4.69, 9.17) is 0 Å². The van der Waals surface area contributed by atoms with Crippen LogP contribution in [0.2, 0.25) is 0 Å². The van der Waals surface area contributed by atoms with Gasteiger partial charge in [-0.05, 0) is 180 Å². The predicted octanol–water partition coefficient (Wildman–Crippen LogP) is 17.6. The molecule has 0 spiro atoms. The molecule has 0 aromatic heterocycles. The number of fused-ring (bicyclic) bond motifs is 15. The maximum absolute atomic E-state index is 2.53. The van der Waals surface area contributed by atoms with Crippen molar-refractivity contribution in [2.45, 2.75) is 19.3 Å². The lowest BCUT2D eigenvalue weighted by atomic mass is 9.80. The Morgan fingerprint density at radius 2 is 0.492 bits per heavy atom. The molecule has 13 rings (SSSR count). The average molecular weight is 799 g/mol. The Morgan fingerprint density at radius 1 is 0.206 bits per heavy atom. The lowest BCUT2D eigenvalue weighted by Crippen LogP contribution is -2.15. The van der Waals surface area contributed by atoms with E-state index in [0.29, 0.717) is 0 Å². The topological polar surface area (TPSA) is 0 Å². The summed E-state index contributed by atoms with van der Waals surface area (Å²) < 4.78 is 0. The average Bonchev–Trinajstić information content (AvgIpc) is 3.57. The molecule has 0 unspecified atom stereocenters. The molecule has 0 fully saturated rings. The van der Waals surface area contributed by atoms with E-state index in [1.54, 1.807) is 0 Å². The van der Waals surface area contributed by atoms with E-state index < -0.39 is 0 Å². The van der Waals surface area contributed by atoms with Gasteiger partial charge >= 0.3 is 0 Å². The molecule has 0 heterocycles. The highest BCUT2D eigenvalue weighted by molar-refractivity contribution is 6.29. The van der Waals surface area contributed by atoms with Gasteiger partial charge in [0.15, 0.2) is 0 Å². The molecular formula is C63H42. The van der Waals surface area contributed by atoms with E-state index >= 15 is 0 Å². The molecule has 294 valence electrons. The van der Waals surface area contributed by atoms with E-state index in [-0.39, 0.29) is 5.41 Å². The Morgan fingerprint density at radius 3 is 0.889 bits per heavy atom. The second-order valence-corrected chi connectivity index (χ2v) is 18.0. The Balaban J connectivity index is 0.993. The van der Waals surface area contributed by atoms with Gasteiger partial charge in [0.2, 0.25) is 0 Å². The molecule has 0 aliphatic heterocycles. The third-order valence-corrected chi connectivity index (χ3v) is 14.2. The van der Waals surface area contributed by atoms with E-state index in [1.165, 1.54) is 131 Å². The first-order valence-electron chi connectivity index (χ1n) is 22.2. The Hall–Kier alpha value is -7.80. The number of hydrogen-bond donors (Lipinski definition) is 0. The minimum Gasteiger partial charge on any atom is -0.0622 e. The molecular weight excluding hydrogens is 757 g/mol. The third-order valence-electron chi connectivity index (χ3n) is 14.2. The zero-order valence-electron chi connectivity index (χ0n) is 35.3. The van der Waals surface area contributed by atoms with Gasteiger partial charge in [0.1, 0.15) is 0 Å². The quantitative estimate of drug-likeness (QED) is 0.156. The van der Waals surface area contributed by atoms with Crippen molar-refractivity contribution < 1.29 is 0 Å². The SMILES string of the molecule is CC1(C)c2cc3c4ccc(-c5cccc(-c6ccccc6)c5)cc4c4ccccc4c3cc2-c2cc3c4ccccc4c4cc(-c5cccc(-c6ccccc6)c5)ccc4c3cc21. The highest BCUT2D eigenvalue weighted by Crippen LogP contribution is 2.54. The van der Waals surface area contributed by atoms with Gasteiger partial charge in [0.05, 0.1) is 0 Å². The highest BCUT2D eigenvalue weighted by atomic mass is 14.4. The molecule has 12 aromatic rings. The molecule has 0 atom stereocenters. The maximum Gasteiger partial charge on any atom is 0.0159 e. The molecule has 0 saturated carbocycles. The summed E-state index contributed by atoms with van der Waals surface area (Å²) in [6, 6.07) is 81.6. The first kappa shape index (κ1) is 35.9. The first-order valence-corrected chi connectivity index (χ1v) is 22.2. The van der Waals surface area contributed by atoms with Crippen LogP contribution in [-0.2, 0) is 5.41 Å². The highest BCUT2D eigenvalue weighted by Gasteiger charge is 2.37. The largest absolute Gasteiger partial charge is 0.0622 e. The summed E-state index contributed by atoms with van der Waals surface area (Å²) in [5.74, 6) is 0. The van der Waals surface area contributed by atoms with Crippen molar-refractivity contribution in [2.75, 3.05) is 0 Å². The molecule has 0 bridgehead atoms. The van der Waals surface area contributed by atoms with Crippen LogP contribution in [0.4, 0.5) is 0 Å². The lowest BCUT2D eigenvalue weighted by Gasteiger charge is -2.23. The van der Waals surface area contributed by atoms with Crippen molar-refractivity contribution >= 4 is 64.6 Å². The van der Waals surface area contributed by atoms with E-state index in [9.17, 15) is 0 Å². The van der Waals surface area contributed by atoms with Gasteiger partial charge in [-0.3, -0.25) is 0 Å². The first-order chi connectivity index (χ1) is 31.0. The van der Waals surface area contributed by atoms with Gasteiger partial charge < -0.3 is 0 Å². The fourth-order valence-corrected chi connectivity index (χ4v) is 11.0. The Bertz CT molecular complexity index is 3600. The summed E-state index contributed by atoms with van der Waals surface area (Å²) in [5.41, 5.74) is 15.2. The smallest absolute Gasteiger partial charge is 0.0159 e. The monoisotopic (exact) mass is 798 g/mol. The number of rotatable bonds is 4. The predicted molar refractivity (Wildman–Crippen MR) is 271 cm³/mol. The molecule has 1 aliphatic carbocycles. The molecule has 0 N–H and O–H groups in total. The molecule has 0 radical (unpaired) electrons. The van der Waals surface area contributed by atoms with Gasteiger partial charge in [-0.1, -0.05) is 184 Å². The van der Waals surface area contributed by atoms with Crippen LogP contribution in [0.25, 0.3) is 120 Å². The van der Waals surface area contributed by atoms with Crippen LogP contribution in [0.15, 0.2) is 218 Å². The summed E-state index contributed by atoms with van der Waals surface area (Å²) in [7, 11) is 0. The lowest BCUT2D eigenvalue weighted by molar-refractivity contribution is 0.662. The summed E-state index contributed by atoms with van der Waals surface area (Å²) in [5, 5.41) is 15.6. The Labute approximate surface area is 367 Å². The third kappa shape index (κ3) is 5.48. The van der Waals surface area contributed by atoms with Crippen LogP contribution in [0.5, 0.6) is 0 Å². The summed E-state index contributed by atoms with van der Waals surface area (Å²) in [6.07, 6.45) is 0. The molecule has 0 nitrogen and oxygen atoms in total. The van der Waals surface area contributed by atoms with Gasteiger partial charge in [-0.25, -0.2) is 0 Å². The van der Waals surface area contributed by atoms with Crippen LogP contribution in [0.1, 0.15) is 25.0 Å². The van der Waals surface area contributed by atoms with Gasteiger partial charge in [-0.15, -0.1) is 0 Å². The van der Waals surface area contributed by atoms with Gasteiger partial charge in [0.25, 0.3) is 0 Å². The van der Waals surface area contributed by atoms with Gasteiger partial charge in [0, 0.05) is 5.41 Å². The van der Waals surface area contributed by atoms with Crippen molar-refractivity contribution in [3.8, 4) is 55.6 Å². The van der Waals surface area contributed by atoms with Gasteiger partial charge in [-0.2, -0.15) is 0 Å². The molecule has 63 heavy (non-hydrogen) atoms. The van der Waals surface area contributed by atoms with E-state index in [2.05, 4.69) is 232 Å². The molecule has 0 heteroatoms. The number of benzene rings is 12. The normalized spacial score (nSPS) is 13.0. The standard InChI is InChI=1S/C63H42/c1-63(2)61-37-57-51-29-27-45(43-21-13-19-41(31-43)39-15-5-3-6-16-39)33-53(51)47-23-9-11-25-49(47)55(57)35-59(61)60-36-56-50-26-12-10-24-48(50)54-34-46(28-30-52(54)58(56)38-62(60)63)44-22-14-20-42(32-44)40-17-7-4-8-18-40/h3-38H,1-2H3. The fourth-order valence-electron chi connectivity index (χ4n) is 11.0. The van der Waals surface area contributed by atoms with Crippen LogP contribution in [0.3, 0.4) is 0 Å². The van der Waals surface area contributed by atoms with E-state index in [1.807, 2.05) is 0 Å². The van der Waals surface area contributed by atoms with Crippen LogP contribution >= 0.6 is 0 Å². The fraction of sp³-hybridized carbons (Fsp3) is 0.0476. The van der Waals surface area contributed by atoms with Crippen molar-refractivity contribution in [2.24, 2.45) is 0 Å². The molecule has 0 saturated heterocycles. The van der Waals surface area contributed by atoms with Crippen molar-refractivity contribution in [1.29, 1.82) is 0 Å². The van der Waals surface area contributed by atoms with Crippen molar-refractivity contribution in [1.82, 2.24) is 0 Å². The van der Waals surface area contributed by atoms with E-state index in [0.717, 1.165) is 0 Å². The van der Waals surface area contributed by atoms with Crippen LogP contribution in [-0.4, -0.2) is 0 Å².